The van der Waals surface area contributed by atoms with Gasteiger partial charge in [0.05, 0.1) is 0 Å². The Kier molecular flexibility index (Phi) is 3.01. The third-order valence-electron chi connectivity index (χ3n) is 3.39. The summed E-state index contributed by atoms with van der Waals surface area (Å²) in [6.45, 7) is 5.85. The monoisotopic (exact) mass is 216 g/mol. The van der Waals surface area contributed by atoms with Gasteiger partial charge in [-0.3, -0.25) is 0 Å². The van der Waals surface area contributed by atoms with Crippen LogP contribution in [0.4, 0.5) is 5.69 Å². The van der Waals surface area contributed by atoms with Crippen molar-refractivity contribution in [3.05, 3.63) is 42.5 Å². The number of anilines is 1. The zero-order chi connectivity index (χ0) is 11.6. The number of nitrogens with zero attached hydrogens (tertiary/aromatic N) is 1. The molecule has 0 aromatic heterocycles. The highest BCUT2D eigenvalue weighted by atomic mass is 15.1. The Labute approximate surface area is 97.8 Å². The minimum atomic E-state index is 0.380. The summed E-state index contributed by atoms with van der Waals surface area (Å²) < 4.78 is 0. The van der Waals surface area contributed by atoms with Gasteiger partial charge in [-0.05, 0) is 37.6 Å². The summed E-state index contributed by atoms with van der Waals surface area (Å²) in [6.07, 6.45) is 4.54. The van der Waals surface area contributed by atoms with E-state index >= 15 is 0 Å². The van der Waals surface area contributed by atoms with E-state index in [-0.39, 0.29) is 0 Å². The van der Waals surface area contributed by atoms with Crippen molar-refractivity contribution in [2.75, 3.05) is 25.9 Å². The fourth-order valence-electron chi connectivity index (χ4n) is 2.33. The van der Waals surface area contributed by atoms with Crippen LogP contribution in [-0.2, 0) is 5.41 Å². The van der Waals surface area contributed by atoms with E-state index in [1.165, 1.54) is 18.4 Å². The third kappa shape index (κ3) is 2.27. The number of nitrogen functional groups attached to an aromatic ring is 1. The van der Waals surface area contributed by atoms with Gasteiger partial charge >= 0.3 is 0 Å². The molecule has 1 saturated carbocycles. The van der Waals surface area contributed by atoms with Crippen LogP contribution in [0.5, 0.6) is 0 Å². The summed E-state index contributed by atoms with van der Waals surface area (Å²) in [5, 5.41) is 0. The normalized spacial score (nSPS) is 17.4. The van der Waals surface area contributed by atoms with E-state index in [1.807, 2.05) is 18.2 Å². The molecule has 0 aliphatic heterocycles. The van der Waals surface area contributed by atoms with Crippen molar-refractivity contribution in [3.8, 4) is 0 Å². The average molecular weight is 216 g/mol. The lowest BCUT2D eigenvalue weighted by Crippen LogP contribution is -2.29. The lowest BCUT2D eigenvalue weighted by molar-refractivity contribution is 0.332. The zero-order valence-corrected chi connectivity index (χ0v) is 9.95. The van der Waals surface area contributed by atoms with E-state index in [4.69, 9.17) is 5.73 Å². The number of benzene rings is 1. The van der Waals surface area contributed by atoms with Crippen molar-refractivity contribution in [2.24, 2.45) is 0 Å². The molecule has 0 unspecified atom stereocenters. The van der Waals surface area contributed by atoms with Crippen LogP contribution in [-0.4, -0.2) is 25.0 Å². The van der Waals surface area contributed by atoms with Gasteiger partial charge in [-0.2, -0.15) is 0 Å². The molecular formula is C14H20N2. The SMILES string of the molecule is C=CCN(C)CC1(c2ccc(N)cc2)CC1. The molecule has 0 atom stereocenters. The molecule has 0 bridgehead atoms. The highest BCUT2D eigenvalue weighted by molar-refractivity contribution is 5.43. The van der Waals surface area contributed by atoms with Crippen LogP contribution in [0.25, 0.3) is 0 Å². The maximum atomic E-state index is 5.72. The molecule has 1 aliphatic rings. The Morgan fingerprint density at radius 3 is 2.50 bits per heavy atom. The second-order valence-corrected chi connectivity index (χ2v) is 4.89. The lowest BCUT2D eigenvalue weighted by Gasteiger charge is -2.23. The summed E-state index contributed by atoms with van der Waals surface area (Å²) in [6, 6.07) is 8.35. The lowest BCUT2D eigenvalue weighted by atomic mass is 9.95. The molecule has 2 N–H and O–H groups in total. The van der Waals surface area contributed by atoms with Crippen molar-refractivity contribution in [1.82, 2.24) is 4.90 Å². The fourth-order valence-corrected chi connectivity index (χ4v) is 2.33. The first-order chi connectivity index (χ1) is 7.66. The van der Waals surface area contributed by atoms with Gasteiger partial charge in [0, 0.05) is 24.2 Å². The van der Waals surface area contributed by atoms with Crippen LogP contribution in [0.1, 0.15) is 18.4 Å². The van der Waals surface area contributed by atoms with E-state index in [2.05, 4.69) is 30.7 Å². The molecule has 1 aromatic rings. The van der Waals surface area contributed by atoms with Crippen molar-refractivity contribution in [2.45, 2.75) is 18.3 Å². The van der Waals surface area contributed by atoms with Gasteiger partial charge < -0.3 is 10.6 Å². The topological polar surface area (TPSA) is 29.3 Å². The number of nitrogens with two attached hydrogens (primary N) is 1. The van der Waals surface area contributed by atoms with Gasteiger partial charge in [0.15, 0.2) is 0 Å². The summed E-state index contributed by atoms with van der Waals surface area (Å²) in [4.78, 5) is 2.33. The molecule has 0 spiro atoms. The first-order valence-corrected chi connectivity index (χ1v) is 5.82. The molecule has 0 saturated heterocycles. The third-order valence-corrected chi connectivity index (χ3v) is 3.39. The molecule has 1 fully saturated rings. The predicted molar refractivity (Wildman–Crippen MR) is 69.5 cm³/mol. The van der Waals surface area contributed by atoms with E-state index in [9.17, 15) is 0 Å². The molecule has 0 radical (unpaired) electrons. The minimum absolute atomic E-state index is 0.380. The molecule has 16 heavy (non-hydrogen) atoms. The first kappa shape index (κ1) is 11.2. The maximum absolute atomic E-state index is 5.72. The Morgan fingerprint density at radius 1 is 1.38 bits per heavy atom. The van der Waals surface area contributed by atoms with E-state index in [1.54, 1.807) is 0 Å². The summed E-state index contributed by atoms with van der Waals surface area (Å²) >= 11 is 0. The first-order valence-electron chi connectivity index (χ1n) is 5.82. The Bertz CT molecular complexity index is 363. The Balaban J connectivity index is 2.07. The molecular weight excluding hydrogens is 196 g/mol. The van der Waals surface area contributed by atoms with Crippen LogP contribution in [0, 0.1) is 0 Å². The number of hydrogen-bond acceptors (Lipinski definition) is 2. The average Bonchev–Trinajstić information content (AvgIpc) is 3.00. The quantitative estimate of drug-likeness (QED) is 0.605. The highest BCUT2D eigenvalue weighted by Crippen LogP contribution is 2.48. The van der Waals surface area contributed by atoms with Gasteiger partial charge in [0.2, 0.25) is 0 Å². The standard InChI is InChI=1S/C14H20N2/c1-3-10-16(2)11-14(8-9-14)12-4-6-13(15)7-5-12/h3-7H,1,8-11,15H2,2H3. The van der Waals surface area contributed by atoms with Crippen molar-refractivity contribution < 1.29 is 0 Å². The molecule has 0 heterocycles. The van der Waals surface area contributed by atoms with Gasteiger partial charge in [0.25, 0.3) is 0 Å². The van der Waals surface area contributed by atoms with Crippen LogP contribution in [0.3, 0.4) is 0 Å². The van der Waals surface area contributed by atoms with E-state index < -0.39 is 0 Å². The van der Waals surface area contributed by atoms with Crippen molar-refractivity contribution >= 4 is 5.69 Å². The van der Waals surface area contributed by atoms with Gasteiger partial charge in [-0.25, -0.2) is 0 Å². The molecule has 2 rings (SSSR count). The minimum Gasteiger partial charge on any atom is -0.399 e. The molecule has 1 aliphatic carbocycles. The van der Waals surface area contributed by atoms with Crippen molar-refractivity contribution in [1.29, 1.82) is 0 Å². The number of likely N-dealkylation sites (N-methyl/N-ethyl adjacent to an activating group) is 1. The van der Waals surface area contributed by atoms with E-state index in [0.29, 0.717) is 5.41 Å². The highest BCUT2D eigenvalue weighted by Gasteiger charge is 2.44. The summed E-state index contributed by atoms with van der Waals surface area (Å²) in [5.41, 5.74) is 8.37. The van der Waals surface area contributed by atoms with Crippen molar-refractivity contribution in [3.63, 3.8) is 0 Å². The molecule has 0 amide bonds. The van der Waals surface area contributed by atoms with Gasteiger partial charge in [-0.15, -0.1) is 6.58 Å². The summed E-state index contributed by atoms with van der Waals surface area (Å²) in [7, 11) is 2.15. The fraction of sp³-hybridized carbons (Fsp3) is 0.429. The Hall–Kier alpha value is -1.28. The molecule has 86 valence electrons. The van der Waals surface area contributed by atoms with Crippen LogP contribution in [0.2, 0.25) is 0 Å². The summed E-state index contributed by atoms with van der Waals surface area (Å²) in [5.74, 6) is 0. The second-order valence-electron chi connectivity index (χ2n) is 4.89. The van der Waals surface area contributed by atoms with Crippen LogP contribution >= 0.6 is 0 Å². The molecule has 1 aromatic carbocycles. The maximum Gasteiger partial charge on any atom is 0.0314 e. The number of hydrogen-bond donors (Lipinski definition) is 1. The second kappa shape index (κ2) is 4.30. The van der Waals surface area contributed by atoms with Crippen LogP contribution in [0.15, 0.2) is 36.9 Å². The molecule has 2 nitrogen and oxygen atoms in total. The molecule has 2 heteroatoms. The number of rotatable bonds is 5. The zero-order valence-electron chi connectivity index (χ0n) is 9.95. The predicted octanol–water partition coefficient (Wildman–Crippen LogP) is 2.42. The van der Waals surface area contributed by atoms with Crippen LogP contribution < -0.4 is 5.73 Å². The Morgan fingerprint density at radius 2 is 2.00 bits per heavy atom. The largest absolute Gasteiger partial charge is 0.399 e. The van der Waals surface area contributed by atoms with E-state index in [0.717, 1.165) is 18.8 Å². The van der Waals surface area contributed by atoms with Gasteiger partial charge in [-0.1, -0.05) is 18.2 Å². The smallest absolute Gasteiger partial charge is 0.0314 e. The van der Waals surface area contributed by atoms with Gasteiger partial charge in [0.1, 0.15) is 0 Å².